The fraction of sp³-hybridized carbons (Fsp3) is 0.800. The molecule has 0 heterocycles. The van der Waals surface area contributed by atoms with Crippen molar-refractivity contribution in [2.45, 2.75) is 25.3 Å². The Kier molecular flexibility index (Phi) is 4.20. The number of amides is 2. The minimum absolute atomic E-state index is 0.0367. The molecule has 0 bridgehead atoms. The van der Waals surface area contributed by atoms with Crippen molar-refractivity contribution in [2.75, 3.05) is 18.6 Å². The molecule has 1 aliphatic carbocycles. The highest BCUT2D eigenvalue weighted by Gasteiger charge is 2.48. The summed E-state index contributed by atoms with van der Waals surface area (Å²) in [5.74, 6) is -1.31. The molecule has 1 atom stereocenters. The smallest absolute Gasteiger partial charge is 0.329 e. The molecule has 0 aromatic heterocycles. The van der Waals surface area contributed by atoms with Crippen LogP contribution in [-0.4, -0.2) is 49.6 Å². The summed E-state index contributed by atoms with van der Waals surface area (Å²) in [6.07, 6.45) is 2.61. The molecule has 8 heteroatoms. The van der Waals surface area contributed by atoms with Gasteiger partial charge >= 0.3 is 12.0 Å². The number of carboxylic acids is 1. The maximum atomic E-state index is 11.5. The standard InChI is InChI=1S/C10H18N2O5S/c1-10(8(13)14,7-3-4-7)12-9(15)11-5-6-18(2,16)17/h7H,3-6H2,1-2H3,(H,13,14)(H2,11,12,15). The van der Waals surface area contributed by atoms with Gasteiger partial charge in [0.05, 0.1) is 5.75 Å². The third-order valence-corrected chi connectivity index (χ3v) is 3.92. The molecule has 0 aromatic rings. The van der Waals surface area contributed by atoms with Crippen LogP contribution in [0.2, 0.25) is 0 Å². The van der Waals surface area contributed by atoms with Gasteiger partial charge in [0.1, 0.15) is 15.4 Å². The summed E-state index contributed by atoms with van der Waals surface area (Å²) in [5, 5.41) is 13.8. The van der Waals surface area contributed by atoms with Crippen molar-refractivity contribution < 1.29 is 23.1 Å². The van der Waals surface area contributed by atoms with E-state index >= 15 is 0 Å². The van der Waals surface area contributed by atoms with Gasteiger partial charge in [-0.15, -0.1) is 0 Å². The van der Waals surface area contributed by atoms with Gasteiger partial charge in [-0.1, -0.05) is 0 Å². The fourth-order valence-electron chi connectivity index (χ4n) is 1.62. The molecule has 7 nitrogen and oxygen atoms in total. The lowest BCUT2D eigenvalue weighted by Crippen LogP contribution is -2.57. The van der Waals surface area contributed by atoms with Crippen molar-refractivity contribution >= 4 is 21.8 Å². The second-order valence-corrected chi connectivity index (χ2v) is 7.05. The van der Waals surface area contributed by atoms with Crippen molar-refractivity contribution in [3.8, 4) is 0 Å². The molecule has 2 amide bonds. The summed E-state index contributed by atoms with van der Waals surface area (Å²) >= 11 is 0. The molecule has 18 heavy (non-hydrogen) atoms. The number of carboxylic acid groups (broad SMARTS) is 1. The third-order valence-electron chi connectivity index (χ3n) is 2.97. The maximum Gasteiger partial charge on any atom is 0.329 e. The number of hydrogen-bond acceptors (Lipinski definition) is 4. The molecule has 3 N–H and O–H groups in total. The van der Waals surface area contributed by atoms with E-state index in [1.165, 1.54) is 6.92 Å². The van der Waals surface area contributed by atoms with Crippen molar-refractivity contribution in [1.29, 1.82) is 0 Å². The lowest BCUT2D eigenvalue weighted by molar-refractivity contribution is -0.144. The molecule has 0 aromatic carbocycles. The van der Waals surface area contributed by atoms with Crippen molar-refractivity contribution in [1.82, 2.24) is 10.6 Å². The minimum Gasteiger partial charge on any atom is -0.480 e. The normalized spacial score (nSPS) is 18.8. The van der Waals surface area contributed by atoms with Crippen molar-refractivity contribution in [3.05, 3.63) is 0 Å². The molecule has 0 saturated heterocycles. The first-order valence-electron chi connectivity index (χ1n) is 5.62. The Labute approximate surface area is 106 Å². The van der Waals surface area contributed by atoms with Crippen LogP contribution in [-0.2, 0) is 14.6 Å². The zero-order valence-electron chi connectivity index (χ0n) is 10.4. The van der Waals surface area contributed by atoms with E-state index in [1.54, 1.807) is 0 Å². The van der Waals surface area contributed by atoms with Crippen LogP contribution in [0.15, 0.2) is 0 Å². The van der Waals surface area contributed by atoms with Crippen LogP contribution in [0.4, 0.5) is 4.79 Å². The molecule has 1 unspecified atom stereocenters. The number of carbonyl (C=O) groups excluding carboxylic acids is 1. The van der Waals surface area contributed by atoms with Gasteiger partial charge in [-0.05, 0) is 25.7 Å². The highest BCUT2D eigenvalue weighted by Crippen LogP contribution is 2.39. The molecular formula is C10H18N2O5S. The number of sulfone groups is 1. The quantitative estimate of drug-likeness (QED) is 0.611. The van der Waals surface area contributed by atoms with Crippen LogP contribution in [0, 0.1) is 5.92 Å². The van der Waals surface area contributed by atoms with Crippen LogP contribution in [0.5, 0.6) is 0 Å². The number of carbonyl (C=O) groups is 2. The minimum atomic E-state index is -3.14. The SMILES string of the molecule is CC(NC(=O)NCCS(C)(=O)=O)(C(=O)O)C1CC1. The second kappa shape index (κ2) is 5.13. The third kappa shape index (κ3) is 4.17. The van der Waals surface area contributed by atoms with Gasteiger partial charge in [-0.2, -0.15) is 0 Å². The highest BCUT2D eigenvalue weighted by molar-refractivity contribution is 7.90. The van der Waals surface area contributed by atoms with E-state index in [-0.39, 0.29) is 18.2 Å². The fourth-order valence-corrected chi connectivity index (χ4v) is 2.09. The Morgan fingerprint density at radius 3 is 2.33 bits per heavy atom. The van der Waals surface area contributed by atoms with Gasteiger partial charge in [-0.3, -0.25) is 0 Å². The predicted molar refractivity (Wildman–Crippen MR) is 65.0 cm³/mol. The molecule has 1 rings (SSSR count). The molecule has 0 aliphatic heterocycles. The van der Waals surface area contributed by atoms with E-state index in [9.17, 15) is 18.0 Å². The second-order valence-electron chi connectivity index (χ2n) is 4.79. The molecule has 1 fully saturated rings. The summed E-state index contributed by atoms with van der Waals surface area (Å²) in [6.45, 7) is 1.42. The molecule has 0 radical (unpaired) electrons. The molecular weight excluding hydrogens is 260 g/mol. The zero-order valence-corrected chi connectivity index (χ0v) is 11.2. The van der Waals surface area contributed by atoms with E-state index in [0.717, 1.165) is 19.1 Å². The summed E-state index contributed by atoms with van der Waals surface area (Å²) in [7, 11) is -3.14. The van der Waals surface area contributed by atoms with Gasteiger partial charge in [0.25, 0.3) is 0 Å². The molecule has 1 aliphatic rings. The van der Waals surface area contributed by atoms with Gasteiger partial charge in [0, 0.05) is 12.8 Å². The summed E-state index contributed by atoms with van der Waals surface area (Å²) in [4.78, 5) is 22.6. The topological polar surface area (TPSA) is 113 Å². The first-order valence-corrected chi connectivity index (χ1v) is 7.68. The van der Waals surface area contributed by atoms with Crippen LogP contribution in [0.1, 0.15) is 19.8 Å². The van der Waals surface area contributed by atoms with Gasteiger partial charge in [0.15, 0.2) is 0 Å². The van der Waals surface area contributed by atoms with Crippen LogP contribution in [0.3, 0.4) is 0 Å². The largest absolute Gasteiger partial charge is 0.480 e. The average Bonchev–Trinajstić information content (AvgIpc) is 2.97. The van der Waals surface area contributed by atoms with Crippen LogP contribution >= 0.6 is 0 Å². The van der Waals surface area contributed by atoms with Gasteiger partial charge < -0.3 is 15.7 Å². The van der Waals surface area contributed by atoms with E-state index in [0.29, 0.717) is 0 Å². The Balaban J connectivity index is 2.45. The number of hydrogen-bond donors (Lipinski definition) is 3. The van der Waals surface area contributed by atoms with E-state index < -0.39 is 27.4 Å². The summed E-state index contributed by atoms with van der Waals surface area (Å²) in [6, 6.07) is -0.657. The van der Waals surface area contributed by atoms with Crippen molar-refractivity contribution in [2.24, 2.45) is 5.92 Å². The van der Waals surface area contributed by atoms with E-state index in [1.807, 2.05) is 0 Å². The lowest BCUT2D eigenvalue weighted by Gasteiger charge is -2.26. The lowest BCUT2D eigenvalue weighted by atomic mass is 9.96. The zero-order chi connectivity index (χ0) is 14.0. The van der Waals surface area contributed by atoms with Gasteiger partial charge in [-0.25, -0.2) is 18.0 Å². The van der Waals surface area contributed by atoms with E-state index in [2.05, 4.69) is 10.6 Å². The Morgan fingerprint density at radius 1 is 1.39 bits per heavy atom. The first-order chi connectivity index (χ1) is 8.15. The van der Waals surface area contributed by atoms with E-state index in [4.69, 9.17) is 5.11 Å². The van der Waals surface area contributed by atoms with Crippen LogP contribution < -0.4 is 10.6 Å². The average molecular weight is 278 g/mol. The Morgan fingerprint density at radius 2 is 1.94 bits per heavy atom. The molecule has 0 spiro atoms. The Hall–Kier alpha value is -1.31. The highest BCUT2D eigenvalue weighted by atomic mass is 32.2. The number of urea groups is 1. The summed E-state index contributed by atoms with van der Waals surface area (Å²) in [5.41, 5.74) is -1.28. The number of rotatable bonds is 6. The van der Waals surface area contributed by atoms with Crippen molar-refractivity contribution in [3.63, 3.8) is 0 Å². The van der Waals surface area contributed by atoms with Crippen LogP contribution in [0.25, 0.3) is 0 Å². The number of aliphatic carboxylic acids is 1. The molecule has 104 valence electrons. The first kappa shape index (κ1) is 14.7. The summed E-state index contributed by atoms with van der Waals surface area (Å²) < 4.78 is 21.7. The number of nitrogens with one attached hydrogen (secondary N) is 2. The predicted octanol–water partition coefficient (Wildman–Crippen LogP) is -0.416. The maximum absolute atomic E-state index is 11.5. The Bertz CT molecular complexity index is 443. The monoisotopic (exact) mass is 278 g/mol. The van der Waals surface area contributed by atoms with Gasteiger partial charge in [0.2, 0.25) is 0 Å². The molecule has 1 saturated carbocycles.